The Morgan fingerprint density at radius 1 is 1.16 bits per heavy atom. The van der Waals surface area contributed by atoms with Gasteiger partial charge < -0.3 is 9.88 Å². The molecule has 1 amide bonds. The summed E-state index contributed by atoms with van der Waals surface area (Å²) in [5.41, 5.74) is 2.12. The summed E-state index contributed by atoms with van der Waals surface area (Å²) in [6.07, 6.45) is 6.37. The molecule has 0 aliphatic rings. The lowest BCUT2D eigenvalue weighted by molar-refractivity contribution is -0.116. The lowest BCUT2D eigenvalue weighted by Gasteiger charge is -2.09. The third kappa shape index (κ3) is 3.98. The smallest absolute Gasteiger partial charge is 0.224 e. The summed E-state index contributed by atoms with van der Waals surface area (Å²) in [4.78, 5) is 11.9. The number of para-hydroxylation sites is 1. The third-order valence-electron chi connectivity index (χ3n) is 3.16. The fraction of sp³-hybridized carbons (Fsp3) is 0.312. The molecule has 1 heterocycles. The largest absolute Gasteiger partial charge is 0.354 e. The monoisotopic (exact) mass is 256 g/mol. The molecular weight excluding hydrogens is 236 g/mol. The van der Waals surface area contributed by atoms with E-state index < -0.39 is 0 Å². The summed E-state index contributed by atoms with van der Waals surface area (Å²) in [5, 5.41) is 2.99. The number of rotatable bonds is 6. The fourth-order valence-corrected chi connectivity index (χ4v) is 2.10. The van der Waals surface area contributed by atoms with Crippen LogP contribution in [0.25, 0.3) is 0 Å². The molecule has 3 nitrogen and oxygen atoms in total. The van der Waals surface area contributed by atoms with E-state index in [1.165, 1.54) is 5.56 Å². The van der Waals surface area contributed by atoms with Crippen LogP contribution in [0.1, 0.15) is 25.3 Å². The highest BCUT2D eigenvalue weighted by Gasteiger charge is 2.05. The van der Waals surface area contributed by atoms with Crippen molar-refractivity contribution in [1.29, 1.82) is 0 Å². The topological polar surface area (TPSA) is 34.0 Å². The Hall–Kier alpha value is -2.03. The predicted molar refractivity (Wildman–Crippen MR) is 78.1 cm³/mol. The summed E-state index contributed by atoms with van der Waals surface area (Å²) >= 11 is 0. The lowest BCUT2D eigenvalue weighted by Crippen LogP contribution is -2.13. The maximum absolute atomic E-state index is 11.9. The first-order valence-electron chi connectivity index (χ1n) is 6.78. The number of carbonyl (C=O) groups excluding carboxylic acids is 1. The minimum absolute atomic E-state index is 0.0908. The first-order valence-corrected chi connectivity index (χ1v) is 6.78. The van der Waals surface area contributed by atoms with Crippen molar-refractivity contribution < 1.29 is 4.79 Å². The van der Waals surface area contributed by atoms with Crippen LogP contribution in [0, 0.1) is 0 Å². The molecule has 1 aromatic carbocycles. The number of hydrogen-bond donors (Lipinski definition) is 1. The third-order valence-corrected chi connectivity index (χ3v) is 3.16. The quantitative estimate of drug-likeness (QED) is 0.843. The fourth-order valence-electron chi connectivity index (χ4n) is 2.10. The SMILES string of the molecule is CCc1ccccc1NC(=O)CCCn1cccc1. The molecule has 0 spiro atoms. The molecule has 2 aromatic rings. The van der Waals surface area contributed by atoms with Crippen molar-refractivity contribution in [1.82, 2.24) is 4.57 Å². The summed E-state index contributed by atoms with van der Waals surface area (Å²) in [5.74, 6) is 0.0908. The van der Waals surface area contributed by atoms with Crippen LogP contribution in [0.15, 0.2) is 48.8 Å². The lowest BCUT2D eigenvalue weighted by atomic mass is 10.1. The standard InChI is InChI=1S/C16H20N2O/c1-2-14-8-3-4-9-15(14)17-16(19)10-7-13-18-11-5-6-12-18/h3-6,8-9,11-12H,2,7,10,13H2,1H3,(H,17,19). The molecule has 0 saturated carbocycles. The van der Waals surface area contributed by atoms with Crippen molar-refractivity contribution >= 4 is 11.6 Å². The van der Waals surface area contributed by atoms with Gasteiger partial charge in [0.1, 0.15) is 0 Å². The number of aromatic nitrogens is 1. The Morgan fingerprint density at radius 3 is 2.63 bits per heavy atom. The Bertz CT molecular complexity index is 517. The number of hydrogen-bond acceptors (Lipinski definition) is 1. The summed E-state index contributed by atoms with van der Waals surface area (Å²) in [7, 11) is 0. The molecule has 0 fully saturated rings. The van der Waals surface area contributed by atoms with Crippen LogP contribution in [-0.4, -0.2) is 10.5 Å². The van der Waals surface area contributed by atoms with Gasteiger partial charge in [-0.05, 0) is 36.6 Å². The second-order valence-electron chi connectivity index (χ2n) is 4.58. The van der Waals surface area contributed by atoms with Crippen LogP contribution in [0.4, 0.5) is 5.69 Å². The molecule has 0 radical (unpaired) electrons. The van der Waals surface area contributed by atoms with E-state index in [9.17, 15) is 4.79 Å². The molecule has 0 aliphatic carbocycles. The number of aryl methyl sites for hydroxylation is 2. The van der Waals surface area contributed by atoms with Crippen LogP contribution in [0.3, 0.4) is 0 Å². The van der Waals surface area contributed by atoms with Gasteiger partial charge in [0.15, 0.2) is 0 Å². The van der Waals surface area contributed by atoms with Gasteiger partial charge in [0.05, 0.1) is 0 Å². The zero-order chi connectivity index (χ0) is 13.5. The van der Waals surface area contributed by atoms with Gasteiger partial charge in [0.2, 0.25) is 5.91 Å². The van der Waals surface area contributed by atoms with E-state index in [0.29, 0.717) is 6.42 Å². The van der Waals surface area contributed by atoms with E-state index in [4.69, 9.17) is 0 Å². The number of nitrogens with zero attached hydrogens (tertiary/aromatic N) is 1. The van der Waals surface area contributed by atoms with E-state index in [0.717, 1.165) is 25.1 Å². The molecule has 0 aliphatic heterocycles. The highest BCUT2D eigenvalue weighted by molar-refractivity contribution is 5.91. The van der Waals surface area contributed by atoms with Gasteiger partial charge in [-0.1, -0.05) is 25.1 Å². The van der Waals surface area contributed by atoms with Crippen molar-refractivity contribution in [3.05, 3.63) is 54.4 Å². The van der Waals surface area contributed by atoms with Crippen LogP contribution >= 0.6 is 0 Å². The summed E-state index contributed by atoms with van der Waals surface area (Å²) in [6.45, 7) is 2.98. The van der Waals surface area contributed by atoms with Gasteiger partial charge in [-0.3, -0.25) is 4.79 Å². The number of anilines is 1. The average Bonchev–Trinajstić information content (AvgIpc) is 2.92. The minimum atomic E-state index is 0.0908. The predicted octanol–water partition coefficient (Wildman–Crippen LogP) is 3.47. The van der Waals surface area contributed by atoms with E-state index >= 15 is 0 Å². The van der Waals surface area contributed by atoms with Gasteiger partial charge in [0.25, 0.3) is 0 Å². The minimum Gasteiger partial charge on any atom is -0.354 e. The van der Waals surface area contributed by atoms with Crippen molar-refractivity contribution in [2.45, 2.75) is 32.7 Å². The van der Waals surface area contributed by atoms with Gasteiger partial charge in [-0.25, -0.2) is 0 Å². The van der Waals surface area contributed by atoms with Crippen molar-refractivity contribution in [2.75, 3.05) is 5.32 Å². The Kier molecular flexibility index (Phi) is 4.78. The van der Waals surface area contributed by atoms with Gasteiger partial charge in [-0.15, -0.1) is 0 Å². The number of benzene rings is 1. The van der Waals surface area contributed by atoms with E-state index in [1.807, 2.05) is 42.7 Å². The zero-order valence-corrected chi connectivity index (χ0v) is 11.3. The molecule has 0 saturated heterocycles. The van der Waals surface area contributed by atoms with E-state index in [1.54, 1.807) is 0 Å². The molecule has 1 aromatic heterocycles. The molecule has 19 heavy (non-hydrogen) atoms. The number of amides is 1. The maximum atomic E-state index is 11.9. The van der Waals surface area contributed by atoms with Crippen molar-refractivity contribution in [2.24, 2.45) is 0 Å². The Morgan fingerprint density at radius 2 is 1.89 bits per heavy atom. The molecule has 0 bridgehead atoms. The van der Waals surface area contributed by atoms with E-state index in [2.05, 4.69) is 22.9 Å². The molecule has 1 N–H and O–H groups in total. The molecule has 0 unspecified atom stereocenters. The Labute approximate surface area is 114 Å². The molecule has 0 atom stereocenters. The number of nitrogens with one attached hydrogen (secondary N) is 1. The molecule has 3 heteroatoms. The second-order valence-corrected chi connectivity index (χ2v) is 4.58. The highest BCUT2D eigenvalue weighted by atomic mass is 16.1. The highest BCUT2D eigenvalue weighted by Crippen LogP contribution is 2.15. The molecule has 100 valence electrons. The first kappa shape index (κ1) is 13.4. The molecular formula is C16H20N2O. The van der Waals surface area contributed by atoms with Crippen LogP contribution in [-0.2, 0) is 17.8 Å². The van der Waals surface area contributed by atoms with Gasteiger partial charge in [-0.2, -0.15) is 0 Å². The van der Waals surface area contributed by atoms with E-state index in [-0.39, 0.29) is 5.91 Å². The second kappa shape index (κ2) is 6.78. The summed E-state index contributed by atoms with van der Waals surface area (Å²) < 4.78 is 2.09. The first-order chi connectivity index (χ1) is 9.29. The molecule has 2 rings (SSSR count). The van der Waals surface area contributed by atoms with Crippen LogP contribution in [0.2, 0.25) is 0 Å². The summed E-state index contributed by atoms with van der Waals surface area (Å²) in [6, 6.07) is 12.0. The normalized spacial score (nSPS) is 10.4. The number of carbonyl (C=O) groups is 1. The van der Waals surface area contributed by atoms with Crippen molar-refractivity contribution in [3.8, 4) is 0 Å². The average molecular weight is 256 g/mol. The van der Waals surface area contributed by atoms with Crippen LogP contribution < -0.4 is 5.32 Å². The van der Waals surface area contributed by atoms with Gasteiger partial charge >= 0.3 is 0 Å². The van der Waals surface area contributed by atoms with Gasteiger partial charge in [0, 0.05) is 31.0 Å². The van der Waals surface area contributed by atoms with Crippen molar-refractivity contribution in [3.63, 3.8) is 0 Å². The Balaban J connectivity index is 1.80. The zero-order valence-electron chi connectivity index (χ0n) is 11.3. The van der Waals surface area contributed by atoms with Crippen LogP contribution in [0.5, 0.6) is 0 Å². The maximum Gasteiger partial charge on any atom is 0.224 e.